The average molecular weight is 451 g/mol. The number of thiazole rings is 2. The molecule has 0 unspecified atom stereocenters. The third-order valence-corrected chi connectivity index (χ3v) is 4.67. The fourth-order valence-corrected chi connectivity index (χ4v) is 3.34. The zero-order valence-electron chi connectivity index (χ0n) is 13.2. The average Bonchev–Trinajstić information content (AvgIpc) is 3.08. The first-order valence-corrected chi connectivity index (χ1v) is 8.58. The van der Waals surface area contributed by atoms with Crippen LogP contribution in [0.2, 0.25) is 0 Å². The summed E-state index contributed by atoms with van der Waals surface area (Å²) >= 11 is 3.38. The van der Waals surface area contributed by atoms with Crippen LogP contribution < -0.4 is 10.6 Å². The topological polar surface area (TPSA) is 62.2 Å². The largest absolute Gasteiger partial charge is 0.351 e. The van der Waals surface area contributed by atoms with Gasteiger partial charge in [0.2, 0.25) is 0 Å². The van der Waals surface area contributed by atoms with E-state index >= 15 is 0 Å². The first-order chi connectivity index (χ1) is 10.1. The minimum Gasteiger partial charge on any atom is -0.351 e. The Morgan fingerprint density at radius 1 is 1.32 bits per heavy atom. The summed E-state index contributed by atoms with van der Waals surface area (Å²) in [6.07, 6.45) is 1.90. The molecule has 0 amide bonds. The molecule has 2 N–H and O–H groups in total. The zero-order valence-corrected chi connectivity index (χ0v) is 17.2. The highest BCUT2D eigenvalue weighted by atomic mass is 127. The zero-order chi connectivity index (χ0) is 15.2. The van der Waals surface area contributed by atoms with E-state index < -0.39 is 0 Å². The maximum atomic E-state index is 4.60. The maximum absolute atomic E-state index is 4.60. The molecule has 0 bridgehead atoms. The third-order valence-electron chi connectivity index (χ3n) is 2.89. The van der Waals surface area contributed by atoms with Crippen LogP contribution in [0.5, 0.6) is 0 Å². The number of hydrogen-bond acceptors (Lipinski definition) is 5. The van der Waals surface area contributed by atoms with Gasteiger partial charge in [0.05, 0.1) is 23.8 Å². The molecule has 122 valence electrons. The highest BCUT2D eigenvalue weighted by Gasteiger charge is 2.06. The van der Waals surface area contributed by atoms with E-state index in [9.17, 15) is 0 Å². The number of nitrogens with one attached hydrogen (secondary N) is 2. The Labute approximate surface area is 156 Å². The number of rotatable bonds is 5. The van der Waals surface area contributed by atoms with Gasteiger partial charge in [-0.3, -0.25) is 4.99 Å². The van der Waals surface area contributed by atoms with Crippen molar-refractivity contribution in [1.82, 2.24) is 20.6 Å². The maximum Gasteiger partial charge on any atom is 0.191 e. The first-order valence-electron chi connectivity index (χ1n) is 6.88. The monoisotopic (exact) mass is 451 g/mol. The van der Waals surface area contributed by atoms with Crippen molar-refractivity contribution < 1.29 is 0 Å². The van der Waals surface area contributed by atoms with Crippen molar-refractivity contribution in [3.05, 3.63) is 32.2 Å². The Hall–Kier alpha value is -0.740. The standard InChI is InChI=1S/C14H21N5S2.HI/c1-9(2)12-8-20-13(19-12)7-18-14(15-4)17-6-11-5-16-10(3)21-11;/h5,8-9H,6-7H2,1-4H3,(H2,15,17,18);1H. The number of aliphatic imine (C=N–C) groups is 1. The molecule has 5 nitrogen and oxygen atoms in total. The lowest BCUT2D eigenvalue weighted by atomic mass is 10.2. The molecule has 2 aromatic rings. The number of hydrogen-bond donors (Lipinski definition) is 2. The van der Waals surface area contributed by atoms with Gasteiger partial charge in [-0.2, -0.15) is 0 Å². The molecule has 0 aromatic carbocycles. The third kappa shape index (κ3) is 5.81. The quantitative estimate of drug-likeness (QED) is 0.415. The molecule has 0 aliphatic carbocycles. The number of nitrogens with zero attached hydrogens (tertiary/aromatic N) is 3. The predicted molar refractivity (Wildman–Crippen MR) is 106 cm³/mol. The Bertz CT molecular complexity index is 606. The van der Waals surface area contributed by atoms with Crippen LogP contribution in [0.15, 0.2) is 16.6 Å². The molecular weight excluding hydrogens is 429 g/mol. The van der Waals surface area contributed by atoms with Crippen LogP contribution in [-0.2, 0) is 13.1 Å². The van der Waals surface area contributed by atoms with Gasteiger partial charge in [0, 0.05) is 23.5 Å². The molecule has 8 heteroatoms. The summed E-state index contributed by atoms with van der Waals surface area (Å²) < 4.78 is 0. The van der Waals surface area contributed by atoms with Crippen LogP contribution in [0.3, 0.4) is 0 Å². The number of halogens is 1. The first kappa shape index (κ1) is 19.3. The number of aromatic nitrogens is 2. The van der Waals surface area contributed by atoms with E-state index in [0.29, 0.717) is 12.5 Å². The lowest BCUT2D eigenvalue weighted by Gasteiger charge is -2.09. The fourth-order valence-electron chi connectivity index (χ4n) is 1.71. The molecule has 0 saturated carbocycles. The highest BCUT2D eigenvalue weighted by molar-refractivity contribution is 14.0. The summed E-state index contributed by atoms with van der Waals surface area (Å²) in [4.78, 5) is 14.3. The lowest BCUT2D eigenvalue weighted by Crippen LogP contribution is -2.36. The molecule has 0 spiro atoms. The fraction of sp³-hybridized carbons (Fsp3) is 0.500. The van der Waals surface area contributed by atoms with Gasteiger partial charge >= 0.3 is 0 Å². The molecule has 0 aliphatic heterocycles. The smallest absolute Gasteiger partial charge is 0.191 e. The molecule has 0 fully saturated rings. The van der Waals surface area contributed by atoms with E-state index in [0.717, 1.165) is 28.2 Å². The van der Waals surface area contributed by atoms with Crippen molar-refractivity contribution in [2.45, 2.75) is 39.8 Å². The molecule has 0 saturated heterocycles. The second kappa shape index (κ2) is 9.41. The van der Waals surface area contributed by atoms with Crippen LogP contribution in [0, 0.1) is 6.92 Å². The van der Waals surface area contributed by atoms with Gasteiger partial charge in [-0.1, -0.05) is 13.8 Å². The predicted octanol–water partition coefficient (Wildman–Crippen LogP) is 3.51. The summed E-state index contributed by atoms with van der Waals surface area (Å²) in [5.41, 5.74) is 1.15. The lowest BCUT2D eigenvalue weighted by molar-refractivity contribution is 0.787. The van der Waals surface area contributed by atoms with Gasteiger partial charge < -0.3 is 10.6 Å². The van der Waals surface area contributed by atoms with Crippen LogP contribution in [-0.4, -0.2) is 23.0 Å². The van der Waals surface area contributed by atoms with E-state index in [2.05, 4.69) is 44.8 Å². The van der Waals surface area contributed by atoms with Gasteiger partial charge in [-0.05, 0) is 12.8 Å². The van der Waals surface area contributed by atoms with Gasteiger partial charge in [-0.25, -0.2) is 9.97 Å². The van der Waals surface area contributed by atoms with Crippen molar-refractivity contribution in [2.75, 3.05) is 7.05 Å². The molecule has 2 aromatic heterocycles. The van der Waals surface area contributed by atoms with E-state index in [-0.39, 0.29) is 24.0 Å². The minimum absolute atomic E-state index is 0. The Kier molecular flexibility index (Phi) is 8.26. The van der Waals surface area contributed by atoms with Crippen LogP contribution in [0.25, 0.3) is 0 Å². The summed E-state index contributed by atoms with van der Waals surface area (Å²) in [6, 6.07) is 0. The summed E-state index contributed by atoms with van der Waals surface area (Å²) in [7, 11) is 1.77. The van der Waals surface area contributed by atoms with E-state index in [1.54, 1.807) is 29.7 Å². The Morgan fingerprint density at radius 2 is 2.05 bits per heavy atom. The van der Waals surface area contributed by atoms with Crippen molar-refractivity contribution in [2.24, 2.45) is 4.99 Å². The van der Waals surface area contributed by atoms with E-state index in [4.69, 9.17) is 0 Å². The molecule has 0 aliphatic rings. The normalized spacial score (nSPS) is 11.4. The summed E-state index contributed by atoms with van der Waals surface area (Å²) in [5.74, 6) is 1.25. The second-order valence-corrected chi connectivity index (χ2v) is 7.21. The minimum atomic E-state index is 0. The molecule has 0 atom stereocenters. The van der Waals surface area contributed by atoms with Crippen LogP contribution >= 0.6 is 46.7 Å². The van der Waals surface area contributed by atoms with Gasteiger partial charge in [0.1, 0.15) is 5.01 Å². The second-order valence-electron chi connectivity index (χ2n) is 4.95. The van der Waals surface area contributed by atoms with Crippen LogP contribution in [0.4, 0.5) is 0 Å². The van der Waals surface area contributed by atoms with Crippen molar-refractivity contribution >= 4 is 52.6 Å². The van der Waals surface area contributed by atoms with Crippen molar-refractivity contribution in [3.8, 4) is 0 Å². The Morgan fingerprint density at radius 3 is 2.59 bits per heavy atom. The SMILES string of the molecule is CN=C(NCc1cnc(C)s1)NCc1nc(C(C)C)cs1.I. The number of aryl methyl sites for hydroxylation is 1. The molecule has 2 heterocycles. The van der Waals surface area contributed by atoms with Crippen molar-refractivity contribution in [1.29, 1.82) is 0 Å². The molecule has 2 rings (SSSR count). The highest BCUT2D eigenvalue weighted by Crippen LogP contribution is 2.17. The van der Waals surface area contributed by atoms with Gasteiger partial charge in [0.25, 0.3) is 0 Å². The summed E-state index contributed by atoms with van der Waals surface area (Å²) in [5, 5.41) is 10.9. The van der Waals surface area contributed by atoms with E-state index in [1.165, 1.54) is 4.88 Å². The summed E-state index contributed by atoms with van der Waals surface area (Å²) in [6.45, 7) is 7.75. The van der Waals surface area contributed by atoms with E-state index in [1.807, 2.05) is 13.1 Å². The van der Waals surface area contributed by atoms with Crippen LogP contribution in [0.1, 0.15) is 40.4 Å². The number of guanidine groups is 1. The Balaban J connectivity index is 0.00000242. The van der Waals surface area contributed by atoms with Gasteiger partial charge in [-0.15, -0.1) is 46.7 Å². The van der Waals surface area contributed by atoms with Crippen molar-refractivity contribution in [3.63, 3.8) is 0 Å². The molecular formula is C14H22IN5S2. The van der Waals surface area contributed by atoms with Gasteiger partial charge in [0.15, 0.2) is 5.96 Å². The molecule has 0 radical (unpaired) electrons. The molecule has 22 heavy (non-hydrogen) atoms.